The Kier molecular flexibility index (Phi) is 6.53. The van der Waals surface area contributed by atoms with Crippen LogP contribution in [0.25, 0.3) is 0 Å². The lowest BCUT2D eigenvalue weighted by molar-refractivity contribution is -0.385. The summed E-state index contributed by atoms with van der Waals surface area (Å²) < 4.78 is 23.7. The molecular formula is C18H24N4O4S. The fourth-order valence-electron chi connectivity index (χ4n) is 2.79. The van der Waals surface area contributed by atoms with E-state index in [0.717, 1.165) is 18.1 Å². The van der Waals surface area contributed by atoms with E-state index in [2.05, 4.69) is 24.4 Å². The van der Waals surface area contributed by atoms with Crippen molar-refractivity contribution in [2.75, 3.05) is 26.0 Å². The highest BCUT2D eigenvalue weighted by Crippen LogP contribution is 2.27. The molecule has 0 heterocycles. The molecule has 0 aliphatic heterocycles. The fraction of sp³-hybridized carbons (Fsp3) is 0.333. The monoisotopic (exact) mass is 392 g/mol. The molecule has 0 saturated heterocycles. The number of primary sulfonamides is 1. The van der Waals surface area contributed by atoms with E-state index in [1.165, 1.54) is 17.7 Å². The Morgan fingerprint density at radius 1 is 1.19 bits per heavy atom. The zero-order valence-electron chi connectivity index (χ0n) is 15.5. The molecule has 0 unspecified atom stereocenters. The van der Waals surface area contributed by atoms with E-state index in [1.54, 1.807) is 0 Å². The first-order valence-electron chi connectivity index (χ1n) is 8.44. The zero-order chi connectivity index (χ0) is 20.2. The molecule has 27 heavy (non-hydrogen) atoms. The molecule has 8 nitrogen and oxygen atoms in total. The Bertz CT molecular complexity index is 911. The molecule has 2 aromatic carbocycles. The maximum atomic E-state index is 11.9. The second-order valence-electron chi connectivity index (χ2n) is 6.44. The summed E-state index contributed by atoms with van der Waals surface area (Å²) in [5.74, 6) is 0. The summed E-state index contributed by atoms with van der Waals surface area (Å²) in [5.41, 5.74) is 2.21. The van der Waals surface area contributed by atoms with Gasteiger partial charge in [0.2, 0.25) is 10.0 Å². The summed E-state index contributed by atoms with van der Waals surface area (Å²) in [6.45, 7) is 2.49. The van der Waals surface area contributed by atoms with Crippen molar-refractivity contribution in [3.8, 4) is 0 Å². The van der Waals surface area contributed by atoms with Crippen molar-refractivity contribution in [1.82, 2.24) is 4.90 Å². The fourth-order valence-corrected chi connectivity index (χ4v) is 3.52. The molecule has 0 amide bonds. The van der Waals surface area contributed by atoms with Crippen molar-refractivity contribution in [2.45, 2.75) is 24.3 Å². The van der Waals surface area contributed by atoms with Crippen LogP contribution >= 0.6 is 0 Å². The van der Waals surface area contributed by atoms with Gasteiger partial charge in [0.05, 0.1) is 16.7 Å². The number of likely N-dealkylation sites (N-methyl/N-ethyl adjacent to an activating group) is 1. The van der Waals surface area contributed by atoms with Gasteiger partial charge in [0.1, 0.15) is 4.90 Å². The van der Waals surface area contributed by atoms with Crippen molar-refractivity contribution < 1.29 is 13.3 Å². The highest BCUT2D eigenvalue weighted by Gasteiger charge is 2.21. The normalized spacial score (nSPS) is 12.8. The van der Waals surface area contributed by atoms with Crippen LogP contribution in [0.3, 0.4) is 0 Å². The summed E-state index contributed by atoms with van der Waals surface area (Å²) >= 11 is 0. The summed E-state index contributed by atoms with van der Waals surface area (Å²) in [6, 6.07) is 11.8. The maximum Gasteiger partial charge on any atom is 0.270 e. The Balaban J connectivity index is 2.30. The maximum absolute atomic E-state index is 11.9. The van der Waals surface area contributed by atoms with Crippen molar-refractivity contribution in [1.29, 1.82) is 0 Å². The standard InChI is InChI=1S/C18H24N4O4S/c1-4-13-5-7-14(8-6-13)17(21(2)3)12-20-16-10-9-15(22(23)24)11-18(16)27(19,25)26/h5-11,17,20H,4,12H2,1-3H3,(H2,19,25,26)/t17-/m1/s1. The van der Waals surface area contributed by atoms with Gasteiger partial charge in [-0.25, -0.2) is 13.6 Å². The highest BCUT2D eigenvalue weighted by atomic mass is 32.2. The van der Waals surface area contributed by atoms with E-state index in [9.17, 15) is 18.5 Å². The number of hydrogen-bond acceptors (Lipinski definition) is 6. The number of sulfonamides is 1. The van der Waals surface area contributed by atoms with Gasteiger partial charge in [-0.2, -0.15) is 0 Å². The van der Waals surface area contributed by atoms with Crippen LogP contribution in [0.15, 0.2) is 47.4 Å². The molecule has 2 rings (SSSR count). The van der Waals surface area contributed by atoms with Crippen LogP contribution in [0.2, 0.25) is 0 Å². The average Bonchev–Trinajstić information content (AvgIpc) is 2.61. The zero-order valence-corrected chi connectivity index (χ0v) is 16.4. The van der Waals surface area contributed by atoms with Crippen molar-refractivity contribution in [3.63, 3.8) is 0 Å². The van der Waals surface area contributed by atoms with Gasteiger partial charge in [-0.05, 0) is 37.7 Å². The van der Waals surface area contributed by atoms with Crippen molar-refractivity contribution in [3.05, 3.63) is 63.7 Å². The number of nitrogens with one attached hydrogen (secondary N) is 1. The lowest BCUT2D eigenvalue weighted by Crippen LogP contribution is -2.27. The Morgan fingerprint density at radius 3 is 2.30 bits per heavy atom. The third kappa shape index (κ3) is 5.25. The summed E-state index contributed by atoms with van der Waals surface area (Å²) in [5, 5.41) is 19.2. The van der Waals surface area contributed by atoms with Crippen LogP contribution in [0.1, 0.15) is 24.1 Å². The number of aryl methyl sites for hydroxylation is 1. The molecule has 0 fully saturated rings. The molecule has 1 atom stereocenters. The van der Waals surface area contributed by atoms with Crippen molar-refractivity contribution >= 4 is 21.4 Å². The summed E-state index contributed by atoms with van der Waals surface area (Å²) in [4.78, 5) is 12.0. The average molecular weight is 392 g/mol. The molecule has 0 radical (unpaired) electrons. The number of non-ortho nitro benzene ring substituents is 1. The van der Waals surface area contributed by atoms with E-state index in [-0.39, 0.29) is 22.3 Å². The Morgan fingerprint density at radius 2 is 1.81 bits per heavy atom. The third-order valence-corrected chi connectivity index (χ3v) is 5.32. The van der Waals surface area contributed by atoms with E-state index < -0.39 is 14.9 Å². The minimum atomic E-state index is -4.11. The summed E-state index contributed by atoms with van der Waals surface area (Å²) in [6.07, 6.45) is 0.950. The number of rotatable bonds is 8. The van der Waals surface area contributed by atoms with E-state index >= 15 is 0 Å². The first kappa shape index (κ1) is 20.8. The predicted molar refractivity (Wildman–Crippen MR) is 105 cm³/mol. The molecule has 0 bridgehead atoms. The third-order valence-electron chi connectivity index (χ3n) is 4.36. The van der Waals surface area contributed by atoms with Crippen LogP contribution in [0, 0.1) is 10.1 Å². The van der Waals surface area contributed by atoms with Crippen LogP contribution in [0.5, 0.6) is 0 Å². The molecule has 0 aliphatic rings. The molecule has 2 aromatic rings. The number of nitro groups is 1. The number of hydrogen-bond donors (Lipinski definition) is 2. The van der Waals surface area contributed by atoms with Crippen molar-refractivity contribution in [2.24, 2.45) is 5.14 Å². The lowest BCUT2D eigenvalue weighted by Gasteiger charge is -2.26. The van der Waals surface area contributed by atoms with Gasteiger partial charge in [-0.1, -0.05) is 31.2 Å². The largest absolute Gasteiger partial charge is 0.382 e. The van der Waals surface area contributed by atoms with E-state index in [0.29, 0.717) is 6.54 Å². The number of anilines is 1. The minimum Gasteiger partial charge on any atom is -0.382 e. The number of nitro benzene ring substituents is 1. The summed E-state index contributed by atoms with van der Waals surface area (Å²) in [7, 11) is -0.258. The Hall–Kier alpha value is -2.49. The first-order valence-corrected chi connectivity index (χ1v) is 9.98. The quantitative estimate of drug-likeness (QED) is 0.526. The molecule has 9 heteroatoms. The number of nitrogens with two attached hydrogens (primary N) is 1. The second-order valence-corrected chi connectivity index (χ2v) is 7.97. The van der Waals surface area contributed by atoms with Gasteiger partial charge in [-0.15, -0.1) is 0 Å². The first-order chi connectivity index (χ1) is 12.6. The van der Waals surface area contributed by atoms with Gasteiger partial charge in [0, 0.05) is 18.7 Å². The number of nitrogens with zero attached hydrogens (tertiary/aromatic N) is 2. The predicted octanol–water partition coefficient (Wildman–Crippen LogP) is 2.52. The van der Waals surface area contributed by atoms with Crippen LogP contribution in [0.4, 0.5) is 11.4 Å². The highest BCUT2D eigenvalue weighted by molar-refractivity contribution is 7.89. The molecule has 0 aromatic heterocycles. The second kappa shape index (κ2) is 8.47. The molecular weight excluding hydrogens is 368 g/mol. The molecule has 0 spiro atoms. The number of benzene rings is 2. The van der Waals surface area contributed by atoms with Gasteiger partial charge in [-0.3, -0.25) is 10.1 Å². The lowest BCUT2D eigenvalue weighted by atomic mass is 10.0. The molecule has 0 saturated carbocycles. The van der Waals surface area contributed by atoms with Gasteiger partial charge in [0.25, 0.3) is 5.69 Å². The molecule has 146 valence electrons. The van der Waals surface area contributed by atoms with Crippen LogP contribution in [-0.4, -0.2) is 38.9 Å². The minimum absolute atomic E-state index is 0.0283. The van der Waals surface area contributed by atoms with Gasteiger partial charge >= 0.3 is 0 Å². The van der Waals surface area contributed by atoms with Crippen LogP contribution < -0.4 is 10.5 Å². The molecule has 3 N–H and O–H groups in total. The van der Waals surface area contributed by atoms with E-state index in [4.69, 9.17) is 5.14 Å². The van der Waals surface area contributed by atoms with Gasteiger partial charge < -0.3 is 10.2 Å². The van der Waals surface area contributed by atoms with Gasteiger partial charge in [0.15, 0.2) is 0 Å². The SMILES string of the molecule is CCc1ccc([C@@H](CNc2ccc([N+](=O)[O-])cc2S(N)(=O)=O)N(C)C)cc1. The smallest absolute Gasteiger partial charge is 0.270 e. The molecule has 0 aliphatic carbocycles. The van der Waals surface area contributed by atoms with E-state index in [1.807, 2.05) is 31.1 Å². The van der Waals surface area contributed by atoms with Crippen LogP contribution in [-0.2, 0) is 16.4 Å². The Labute approximate surface area is 159 Å². The topological polar surface area (TPSA) is 119 Å².